The number of hydrogen-bond donors (Lipinski definition) is 2. The van der Waals surface area contributed by atoms with Gasteiger partial charge in [-0.15, -0.1) is 11.3 Å². The van der Waals surface area contributed by atoms with Crippen molar-refractivity contribution < 1.29 is 19.1 Å². The molecule has 0 aliphatic carbocycles. The number of alkyl carbamates (subject to hydrolysis) is 1. The maximum absolute atomic E-state index is 11.7. The van der Waals surface area contributed by atoms with E-state index in [1.807, 2.05) is 56.5 Å². The van der Waals surface area contributed by atoms with Crippen LogP contribution in [0.4, 0.5) is 14.6 Å². The number of rotatable bonds is 5. The normalized spacial score (nSPS) is 10.4. The molecule has 2 aromatic rings. The minimum atomic E-state index is -0.542. The highest BCUT2D eigenvalue weighted by Crippen LogP contribution is 2.20. The van der Waals surface area contributed by atoms with Crippen LogP contribution >= 0.6 is 11.3 Å². The van der Waals surface area contributed by atoms with E-state index in [2.05, 4.69) is 22.5 Å². The predicted molar refractivity (Wildman–Crippen MR) is 110 cm³/mol. The molecule has 0 aliphatic rings. The predicted octanol–water partition coefficient (Wildman–Crippen LogP) is 4.76. The maximum atomic E-state index is 11.7. The third-order valence-corrected chi connectivity index (χ3v) is 4.03. The first-order valence-corrected chi connectivity index (χ1v) is 9.72. The lowest BCUT2D eigenvalue weighted by atomic mass is 10.2. The molecule has 0 radical (unpaired) electrons. The van der Waals surface area contributed by atoms with Gasteiger partial charge in [0.05, 0.1) is 5.00 Å². The van der Waals surface area contributed by atoms with Crippen molar-refractivity contribution in [3.8, 4) is 11.8 Å². The van der Waals surface area contributed by atoms with E-state index in [9.17, 15) is 9.59 Å². The molecule has 0 bridgehead atoms. The summed E-state index contributed by atoms with van der Waals surface area (Å²) in [7, 11) is 0. The van der Waals surface area contributed by atoms with Gasteiger partial charge in [0.2, 0.25) is 0 Å². The Labute approximate surface area is 169 Å². The third-order valence-electron chi connectivity index (χ3n) is 3.19. The summed E-state index contributed by atoms with van der Waals surface area (Å²) >= 11 is 1.37. The fourth-order valence-electron chi connectivity index (χ4n) is 2.04. The van der Waals surface area contributed by atoms with Gasteiger partial charge in [0, 0.05) is 23.9 Å². The first-order valence-electron chi connectivity index (χ1n) is 8.84. The van der Waals surface area contributed by atoms with Gasteiger partial charge in [-0.25, -0.2) is 9.59 Å². The largest absolute Gasteiger partial charge is 0.445 e. The number of amides is 2. The Morgan fingerprint density at radius 2 is 1.89 bits per heavy atom. The summed E-state index contributed by atoms with van der Waals surface area (Å²) in [5.41, 5.74) is 1.19. The fraction of sp³-hybridized carbons (Fsp3) is 0.333. The maximum Gasteiger partial charge on any atom is 0.412 e. The molecule has 6 nitrogen and oxygen atoms in total. The SMILES string of the molecule is CC(C)(C)OC(=O)Nc1cc(C#CCCNC(=O)OCc2ccccc2)cs1. The van der Waals surface area contributed by atoms with E-state index >= 15 is 0 Å². The zero-order chi connectivity index (χ0) is 20.4. The van der Waals surface area contributed by atoms with Crippen LogP contribution in [0.2, 0.25) is 0 Å². The summed E-state index contributed by atoms with van der Waals surface area (Å²) in [5, 5.41) is 7.85. The van der Waals surface area contributed by atoms with E-state index in [1.165, 1.54) is 11.3 Å². The molecule has 0 fully saturated rings. The molecule has 1 aromatic heterocycles. The van der Waals surface area contributed by atoms with Crippen molar-refractivity contribution >= 4 is 28.5 Å². The molecule has 0 atom stereocenters. The molecule has 148 valence electrons. The second kappa shape index (κ2) is 10.4. The Hall–Kier alpha value is -2.98. The number of ether oxygens (including phenoxy) is 2. The van der Waals surface area contributed by atoms with Crippen molar-refractivity contribution in [1.29, 1.82) is 0 Å². The Morgan fingerprint density at radius 3 is 2.61 bits per heavy atom. The molecule has 1 aromatic carbocycles. The molecule has 0 unspecified atom stereocenters. The fourth-order valence-corrected chi connectivity index (χ4v) is 2.76. The molecule has 1 heterocycles. The van der Waals surface area contributed by atoms with Gasteiger partial charge >= 0.3 is 12.2 Å². The molecule has 28 heavy (non-hydrogen) atoms. The Morgan fingerprint density at radius 1 is 1.14 bits per heavy atom. The van der Waals surface area contributed by atoms with E-state index < -0.39 is 17.8 Å². The summed E-state index contributed by atoms with van der Waals surface area (Å²) < 4.78 is 10.3. The molecular weight excluding hydrogens is 376 g/mol. The van der Waals surface area contributed by atoms with Crippen molar-refractivity contribution in [3.63, 3.8) is 0 Å². The number of hydrogen-bond acceptors (Lipinski definition) is 5. The molecular formula is C21H24N2O4S. The lowest BCUT2D eigenvalue weighted by molar-refractivity contribution is 0.0636. The number of benzene rings is 1. The average molecular weight is 401 g/mol. The second-order valence-corrected chi connectivity index (χ2v) is 7.78. The smallest absolute Gasteiger partial charge is 0.412 e. The van der Waals surface area contributed by atoms with Gasteiger partial charge in [-0.2, -0.15) is 0 Å². The minimum absolute atomic E-state index is 0.237. The minimum Gasteiger partial charge on any atom is -0.445 e. The number of nitrogens with one attached hydrogen (secondary N) is 2. The van der Waals surface area contributed by atoms with E-state index in [0.29, 0.717) is 18.0 Å². The summed E-state index contributed by atoms with van der Waals surface area (Å²) in [4.78, 5) is 23.4. The van der Waals surface area contributed by atoms with Crippen molar-refractivity contribution in [3.05, 3.63) is 52.9 Å². The van der Waals surface area contributed by atoms with Crippen LogP contribution < -0.4 is 10.6 Å². The summed E-state index contributed by atoms with van der Waals surface area (Å²) in [5.74, 6) is 5.97. The van der Waals surface area contributed by atoms with E-state index in [4.69, 9.17) is 9.47 Å². The molecule has 0 spiro atoms. The zero-order valence-electron chi connectivity index (χ0n) is 16.2. The van der Waals surface area contributed by atoms with Crippen molar-refractivity contribution in [1.82, 2.24) is 5.32 Å². The lowest BCUT2D eigenvalue weighted by Gasteiger charge is -2.19. The summed E-state index contributed by atoms with van der Waals surface area (Å²) in [6.45, 7) is 6.06. The van der Waals surface area contributed by atoms with Crippen LogP contribution in [0.3, 0.4) is 0 Å². The van der Waals surface area contributed by atoms with E-state index in [0.717, 1.165) is 11.1 Å². The number of anilines is 1. The third kappa shape index (κ3) is 8.60. The number of carbonyl (C=O) groups is 2. The van der Waals surface area contributed by atoms with Gasteiger partial charge in [-0.3, -0.25) is 5.32 Å². The van der Waals surface area contributed by atoms with Crippen molar-refractivity contribution in [2.75, 3.05) is 11.9 Å². The number of carbonyl (C=O) groups excluding carboxylic acids is 2. The average Bonchev–Trinajstić information content (AvgIpc) is 3.06. The number of thiophene rings is 1. The van der Waals surface area contributed by atoms with Gasteiger partial charge in [0.25, 0.3) is 0 Å². The molecule has 0 aliphatic heterocycles. The van der Waals surface area contributed by atoms with Crippen LogP contribution in [-0.2, 0) is 16.1 Å². The van der Waals surface area contributed by atoms with Gasteiger partial charge < -0.3 is 14.8 Å². The van der Waals surface area contributed by atoms with E-state index in [-0.39, 0.29) is 6.61 Å². The van der Waals surface area contributed by atoms with Gasteiger partial charge in [0.1, 0.15) is 12.2 Å². The molecule has 2 N–H and O–H groups in total. The molecule has 0 saturated heterocycles. The summed E-state index contributed by atoms with van der Waals surface area (Å²) in [6.07, 6.45) is -0.470. The molecule has 0 saturated carbocycles. The first-order chi connectivity index (χ1) is 13.3. The Balaban J connectivity index is 1.67. The van der Waals surface area contributed by atoms with E-state index in [1.54, 1.807) is 6.07 Å². The highest BCUT2D eigenvalue weighted by Gasteiger charge is 2.16. The van der Waals surface area contributed by atoms with Crippen LogP contribution in [0.25, 0.3) is 0 Å². The monoisotopic (exact) mass is 400 g/mol. The highest BCUT2D eigenvalue weighted by atomic mass is 32.1. The molecule has 2 amide bonds. The second-order valence-electron chi connectivity index (χ2n) is 6.87. The van der Waals surface area contributed by atoms with Crippen LogP contribution in [0.15, 0.2) is 41.8 Å². The van der Waals surface area contributed by atoms with Crippen LogP contribution in [-0.4, -0.2) is 24.3 Å². The quantitative estimate of drug-likeness (QED) is 0.560. The van der Waals surface area contributed by atoms with Crippen LogP contribution in [0.5, 0.6) is 0 Å². The highest BCUT2D eigenvalue weighted by molar-refractivity contribution is 7.14. The van der Waals surface area contributed by atoms with Gasteiger partial charge in [0.15, 0.2) is 0 Å². The van der Waals surface area contributed by atoms with Crippen LogP contribution in [0, 0.1) is 11.8 Å². The standard InChI is InChI=1S/C21H24N2O4S/c1-21(2,3)27-20(25)23-18-13-17(15-28-18)11-7-8-12-22-19(24)26-14-16-9-5-4-6-10-16/h4-6,9-10,13,15H,8,12,14H2,1-3H3,(H,22,24)(H,23,25). The molecule has 7 heteroatoms. The Bertz CT molecular complexity index is 845. The van der Waals surface area contributed by atoms with Crippen molar-refractivity contribution in [2.24, 2.45) is 0 Å². The van der Waals surface area contributed by atoms with Crippen molar-refractivity contribution in [2.45, 2.75) is 39.4 Å². The lowest BCUT2D eigenvalue weighted by Crippen LogP contribution is -2.26. The molecule has 2 rings (SSSR count). The van der Waals surface area contributed by atoms with Gasteiger partial charge in [-0.05, 0) is 32.4 Å². The topological polar surface area (TPSA) is 76.7 Å². The zero-order valence-corrected chi connectivity index (χ0v) is 17.0. The summed E-state index contributed by atoms with van der Waals surface area (Å²) in [6, 6.07) is 11.3. The van der Waals surface area contributed by atoms with Gasteiger partial charge in [-0.1, -0.05) is 42.2 Å². The van der Waals surface area contributed by atoms with Crippen LogP contribution in [0.1, 0.15) is 38.3 Å². The Kier molecular flexibility index (Phi) is 7.90. The first kappa shape index (κ1) is 21.3.